The predicted molar refractivity (Wildman–Crippen MR) is 75.6 cm³/mol. The minimum absolute atomic E-state index is 0.0913. The standard InChI is InChI=1S/C14H23N3O2/c1-4-17-11(2)9-13(18)14(19)12(17)10-16-7-5-15(3)6-8-16/h9,19H,4-8,10H2,1-3H3. The number of rotatable bonds is 3. The van der Waals surface area contributed by atoms with Gasteiger partial charge in [-0.05, 0) is 20.9 Å². The van der Waals surface area contributed by atoms with Gasteiger partial charge in [0, 0.05) is 51.0 Å². The number of hydrogen-bond acceptors (Lipinski definition) is 4. The van der Waals surface area contributed by atoms with Crippen LogP contribution in [0.2, 0.25) is 0 Å². The fraction of sp³-hybridized carbons (Fsp3) is 0.643. The van der Waals surface area contributed by atoms with Gasteiger partial charge >= 0.3 is 0 Å². The number of likely N-dealkylation sites (N-methyl/N-ethyl adjacent to an activating group) is 1. The van der Waals surface area contributed by atoms with Crippen molar-refractivity contribution in [3.63, 3.8) is 0 Å². The normalized spacial score (nSPS) is 17.8. The van der Waals surface area contributed by atoms with Crippen LogP contribution in [0.4, 0.5) is 0 Å². The largest absolute Gasteiger partial charge is 0.503 e. The third-order valence-electron chi connectivity index (χ3n) is 3.88. The molecule has 1 saturated heterocycles. The Balaban J connectivity index is 2.26. The van der Waals surface area contributed by atoms with Crippen LogP contribution < -0.4 is 5.43 Å². The highest BCUT2D eigenvalue weighted by molar-refractivity contribution is 5.29. The molecule has 106 valence electrons. The average Bonchev–Trinajstić information content (AvgIpc) is 2.38. The summed E-state index contributed by atoms with van der Waals surface area (Å²) in [5.74, 6) is -0.0913. The smallest absolute Gasteiger partial charge is 0.223 e. The van der Waals surface area contributed by atoms with Gasteiger partial charge < -0.3 is 14.6 Å². The van der Waals surface area contributed by atoms with E-state index in [0.717, 1.165) is 44.1 Å². The van der Waals surface area contributed by atoms with Crippen LogP contribution in [0.25, 0.3) is 0 Å². The van der Waals surface area contributed by atoms with Crippen LogP contribution in [-0.4, -0.2) is 52.7 Å². The van der Waals surface area contributed by atoms with Crippen molar-refractivity contribution >= 4 is 0 Å². The second kappa shape index (κ2) is 5.75. The molecule has 0 amide bonds. The quantitative estimate of drug-likeness (QED) is 0.871. The van der Waals surface area contributed by atoms with Crippen LogP contribution in [-0.2, 0) is 13.1 Å². The van der Waals surface area contributed by atoms with Gasteiger partial charge in [-0.2, -0.15) is 0 Å². The molecule has 0 unspecified atom stereocenters. The van der Waals surface area contributed by atoms with E-state index in [2.05, 4.69) is 16.8 Å². The molecule has 0 spiro atoms. The van der Waals surface area contributed by atoms with Gasteiger partial charge in [0.15, 0.2) is 5.75 Å². The molecule has 0 bridgehead atoms. The number of aryl methyl sites for hydroxylation is 1. The first-order chi connectivity index (χ1) is 9.02. The Bertz CT molecular complexity index is 502. The lowest BCUT2D eigenvalue weighted by Gasteiger charge is -2.33. The van der Waals surface area contributed by atoms with Gasteiger partial charge in [-0.3, -0.25) is 9.69 Å². The maximum absolute atomic E-state index is 11.7. The SMILES string of the molecule is CCn1c(C)cc(=O)c(O)c1CN1CCN(C)CC1. The van der Waals surface area contributed by atoms with Crippen molar-refractivity contribution in [3.8, 4) is 5.75 Å². The van der Waals surface area contributed by atoms with E-state index < -0.39 is 0 Å². The molecule has 0 aromatic carbocycles. The highest BCUT2D eigenvalue weighted by Gasteiger charge is 2.19. The molecule has 1 aromatic rings. The van der Waals surface area contributed by atoms with Crippen molar-refractivity contribution < 1.29 is 5.11 Å². The summed E-state index contributed by atoms with van der Waals surface area (Å²) in [5.41, 5.74) is 1.39. The lowest BCUT2D eigenvalue weighted by atomic mass is 10.2. The summed E-state index contributed by atoms with van der Waals surface area (Å²) in [7, 11) is 2.11. The molecule has 19 heavy (non-hydrogen) atoms. The third kappa shape index (κ3) is 2.98. The number of hydrogen-bond donors (Lipinski definition) is 1. The summed E-state index contributed by atoms with van der Waals surface area (Å²) in [4.78, 5) is 16.3. The molecule has 5 heteroatoms. The maximum atomic E-state index is 11.7. The van der Waals surface area contributed by atoms with Crippen molar-refractivity contribution in [2.75, 3.05) is 33.2 Å². The van der Waals surface area contributed by atoms with Crippen molar-refractivity contribution in [2.24, 2.45) is 0 Å². The zero-order valence-electron chi connectivity index (χ0n) is 12.0. The van der Waals surface area contributed by atoms with E-state index in [4.69, 9.17) is 0 Å². The zero-order chi connectivity index (χ0) is 14.0. The van der Waals surface area contributed by atoms with E-state index in [1.165, 1.54) is 6.07 Å². The number of pyridine rings is 1. The highest BCUT2D eigenvalue weighted by atomic mass is 16.3. The first kappa shape index (κ1) is 14.1. The predicted octanol–water partition coefficient (Wildman–Crippen LogP) is 0.630. The Morgan fingerprint density at radius 3 is 2.47 bits per heavy atom. The average molecular weight is 265 g/mol. The van der Waals surface area contributed by atoms with Gasteiger partial charge in [-0.25, -0.2) is 0 Å². The van der Waals surface area contributed by atoms with E-state index in [1.807, 2.05) is 18.4 Å². The summed E-state index contributed by atoms with van der Waals surface area (Å²) < 4.78 is 2.02. The van der Waals surface area contributed by atoms with Crippen LogP contribution in [0.3, 0.4) is 0 Å². The van der Waals surface area contributed by atoms with E-state index in [1.54, 1.807) is 0 Å². The monoisotopic (exact) mass is 265 g/mol. The molecule has 0 radical (unpaired) electrons. The molecular weight excluding hydrogens is 242 g/mol. The molecule has 5 nitrogen and oxygen atoms in total. The molecule has 1 aliphatic rings. The van der Waals surface area contributed by atoms with Crippen LogP contribution in [0, 0.1) is 6.92 Å². The van der Waals surface area contributed by atoms with E-state index in [0.29, 0.717) is 6.54 Å². The van der Waals surface area contributed by atoms with Gasteiger partial charge in [-0.15, -0.1) is 0 Å². The van der Waals surface area contributed by atoms with E-state index >= 15 is 0 Å². The molecule has 0 atom stereocenters. The minimum atomic E-state index is -0.272. The molecule has 0 aliphatic carbocycles. The molecule has 1 aromatic heterocycles. The van der Waals surface area contributed by atoms with Crippen molar-refractivity contribution in [1.82, 2.24) is 14.4 Å². The lowest BCUT2D eigenvalue weighted by molar-refractivity contribution is 0.144. The minimum Gasteiger partial charge on any atom is -0.503 e. The number of nitrogens with zero attached hydrogens (tertiary/aromatic N) is 3. The third-order valence-corrected chi connectivity index (χ3v) is 3.88. The van der Waals surface area contributed by atoms with Crippen LogP contribution in [0.1, 0.15) is 18.3 Å². The van der Waals surface area contributed by atoms with Gasteiger partial charge in [0.1, 0.15) is 0 Å². The summed E-state index contributed by atoms with van der Waals surface area (Å²) in [6, 6.07) is 1.51. The van der Waals surface area contributed by atoms with E-state index in [-0.39, 0.29) is 11.2 Å². The van der Waals surface area contributed by atoms with Crippen molar-refractivity contribution in [1.29, 1.82) is 0 Å². The van der Waals surface area contributed by atoms with Crippen molar-refractivity contribution in [3.05, 3.63) is 27.7 Å². The molecule has 1 fully saturated rings. The van der Waals surface area contributed by atoms with Crippen LogP contribution >= 0.6 is 0 Å². The Morgan fingerprint density at radius 2 is 1.89 bits per heavy atom. The first-order valence-electron chi connectivity index (χ1n) is 6.86. The molecule has 0 saturated carbocycles. The number of aromatic nitrogens is 1. The fourth-order valence-corrected chi connectivity index (χ4v) is 2.64. The number of piperazine rings is 1. The maximum Gasteiger partial charge on any atom is 0.223 e. The molecule has 1 N–H and O–H groups in total. The Hall–Kier alpha value is -1.33. The second-order valence-corrected chi connectivity index (χ2v) is 5.27. The zero-order valence-corrected chi connectivity index (χ0v) is 12.0. The molecular formula is C14H23N3O2. The van der Waals surface area contributed by atoms with Gasteiger partial charge in [-0.1, -0.05) is 0 Å². The Morgan fingerprint density at radius 1 is 1.26 bits per heavy atom. The lowest BCUT2D eigenvalue weighted by Crippen LogP contribution is -2.44. The van der Waals surface area contributed by atoms with Gasteiger partial charge in [0.2, 0.25) is 5.43 Å². The van der Waals surface area contributed by atoms with Crippen LogP contribution in [0.15, 0.2) is 10.9 Å². The fourth-order valence-electron chi connectivity index (χ4n) is 2.64. The summed E-state index contributed by atoms with van der Waals surface area (Å²) in [6.45, 7) is 9.37. The second-order valence-electron chi connectivity index (χ2n) is 5.27. The Kier molecular flexibility index (Phi) is 4.27. The summed E-state index contributed by atoms with van der Waals surface area (Å²) in [6.07, 6.45) is 0. The van der Waals surface area contributed by atoms with Gasteiger partial charge in [0.05, 0.1) is 5.69 Å². The summed E-state index contributed by atoms with van der Waals surface area (Å²) >= 11 is 0. The van der Waals surface area contributed by atoms with E-state index in [9.17, 15) is 9.90 Å². The molecule has 2 heterocycles. The summed E-state index contributed by atoms with van der Waals surface area (Å²) in [5, 5.41) is 10.0. The molecule has 2 rings (SSSR count). The first-order valence-corrected chi connectivity index (χ1v) is 6.86. The van der Waals surface area contributed by atoms with Crippen molar-refractivity contribution in [2.45, 2.75) is 26.9 Å². The van der Waals surface area contributed by atoms with Crippen LogP contribution in [0.5, 0.6) is 5.75 Å². The topological polar surface area (TPSA) is 48.7 Å². The number of aromatic hydroxyl groups is 1. The van der Waals surface area contributed by atoms with Gasteiger partial charge in [0.25, 0.3) is 0 Å². The highest BCUT2D eigenvalue weighted by Crippen LogP contribution is 2.17. The Labute approximate surface area is 114 Å². The molecule has 1 aliphatic heterocycles.